The smallest absolute Gasteiger partial charge is 0.164 e. The molecule has 6 aromatic carbocycles. The van der Waals surface area contributed by atoms with Crippen LogP contribution >= 0.6 is 0 Å². The number of fused-ring (bicyclic) bond motifs is 5. The highest BCUT2D eigenvalue weighted by Gasteiger charge is 2.18. The number of aromatic nitrogens is 4. The van der Waals surface area contributed by atoms with Gasteiger partial charge in [0.05, 0.1) is 6.20 Å². The topological polar surface area (TPSA) is 64.7 Å². The number of nitrogens with zero attached hydrogens (tertiary/aromatic N) is 4. The molecule has 0 bridgehead atoms. The molecule has 210 valence electrons. The van der Waals surface area contributed by atoms with Gasteiger partial charge in [-0.15, -0.1) is 0 Å². The van der Waals surface area contributed by atoms with Crippen molar-refractivity contribution in [3.63, 3.8) is 0 Å². The minimum Gasteiger partial charge on any atom is -0.454 e. The highest BCUT2D eigenvalue weighted by atomic mass is 16.3. The summed E-state index contributed by atoms with van der Waals surface area (Å²) in [7, 11) is 0. The first-order valence-electron chi connectivity index (χ1n) is 14.9. The second kappa shape index (κ2) is 10.2. The average molecular weight is 577 g/mol. The predicted octanol–water partition coefficient (Wildman–Crippen LogP) is 10.1. The van der Waals surface area contributed by atoms with Crippen molar-refractivity contribution in [2.45, 2.75) is 0 Å². The van der Waals surface area contributed by atoms with Crippen molar-refractivity contribution in [1.29, 1.82) is 0 Å². The molecular weight excluding hydrogens is 552 g/mol. The van der Waals surface area contributed by atoms with Crippen LogP contribution in [0.2, 0.25) is 0 Å². The molecule has 5 heteroatoms. The number of rotatable bonds is 4. The number of benzene rings is 6. The highest BCUT2D eigenvalue weighted by Crippen LogP contribution is 2.41. The average Bonchev–Trinajstić information content (AvgIpc) is 3.48. The molecule has 0 fully saturated rings. The highest BCUT2D eigenvalue weighted by molar-refractivity contribution is 6.18. The standard InChI is InChI=1S/C40H24N4O/c1-3-11-25(12-4-1)38-42-39(26-13-5-2-6-14-26)44-40(43-38)32-20-10-17-29-30(32)18-9-19-31(29)34-23-41-24-36-37(34)33-21-27-15-7-8-16-28(27)22-35(33)45-36/h1-24H. The first-order valence-corrected chi connectivity index (χ1v) is 14.9. The summed E-state index contributed by atoms with van der Waals surface area (Å²) in [6, 6.07) is 45.5. The summed E-state index contributed by atoms with van der Waals surface area (Å²) < 4.78 is 6.35. The van der Waals surface area contributed by atoms with E-state index in [2.05, 4.69) is 77.8 Å². The second-order valence-electron chi connectivity index (χ2n) is 11.1. The Hall–Kier alpha value is -6.20. The van der Waals surface area contributed by atoms with Crippen LogP contribution in [0.3, 0.4) is 0 Å². The van der Waals surface area contributed by atoms with Crippen LogP contribution < -0.4 is 0 Å². The van der Waals surface area contributed by atoms with Crippen LogP contribution in [0.15, 0.2) is 150 Å². The van der Waals surface area contributed by atoms with Crippen LogP contribution in [-0.4, -0.2) is 19.9 Å². The maximum absolute atomic E-state index is 6.35. The van der Waals surface area contributed by atoms with E-state index in [9.17, 15) is 0 Å². The lowest BCUT2D eigenvalue weighted by Gasteiger charge is -2.13. The molecule has 0 unspecified atom stereocenters. The van der Waals surface area contributed by atoms with Gasteiger partial charge in [0, 0.05) is 39.2 Å². The van der Waals surface area contributed by atoms with Crippen LogP contribution in [0.4, 0.5) is 0 Å². The molecule has 0 radical (unpaired) electrons. The van der Waals surface area contributed by atoms with Gasteiger partial charge in [-0.2, -0.15) is 0 Å². The third-order valence-electron chi connectivity index (χ3n) is 8.40. The van der Waals surface area contributed by atoms with Gasteiger partial charge in [-0.1, -0.05) is 121 Å². The predicted molar refractivity (Wildman–Crippen MR) is 182 cm³/mol. The SMILES string of the molecule is c1ccc(-c2nc(-c3ccccc3)nc(-c3cccc4c(-c5cncc6oc7cc8ccccc8cc7c56)cccc34)n2)cc1. The van der Waals surface area contributed by atoms with E-state index in [1.54, 1.807) is 6.20 Å². The van der Waals surface area contributed by atoms with Crippen molar-refractivity contribution < 1.29 is 4.42 Å². The Balaban J connectivity index is 1.28. The Morgan fingerprint density at radius 3 is 1.67 bits per heavy atom. The summed E-state index contributed by atoms with van der Waals surface area (Å²) in [5.41, 5.74) is 6.54. The van der Waals surface area contributed by atoms with Gasteiger partial charge >= 0.3 is 0 Å². The molecule has 45 heavy (non-hydrogen) atoms. The Labute approximate surface area is 258 Å². The van der Waals surface area contributed by atoms with E-state index < -0.39 is 0 Å². The van der Waals surface area contributed by atoms with Crippen LogP contribution in [-0.2, 0) is 0 Å². The number of hydrogen-bond acceptors (Lipinski definition) is 5. The maximum atomic E-state index is 6.35. The molecule has 0 N–H and O–H groups in total. The summed E-state index contributed by atoms with van der Waals surface area (Å²) in [6.45, 7) is 0. The fourth-order valence-corrected chi connectivity index (χ4v) is 6.29. The lowest BCUT2D eigenvalue weighted by atomic mass is 9.93. The van der Waals surface area contributed by atoms with Crippen LogP contribution in [0.1, 0.15) is 0 Å². The van der Waals surface area contributed by atoms with Gasteiger partial charge in [-0.3, -0.25) is 4.98 Å². The van der Waals surface area contributed by atoms with Gasteiger partial charge in [-0.25, -0.2) is 15.0 Å². The normalized spacial score (nSPS) is 11.6. The molecule has 0 amide bonds. The van der Waals surface area contributed by atoms with Crippen LogP contribution in [0.5, 0.6) is 0 Å². The van der Waals surface area contributed by atoms with Crippen molar-refractivity contribution >= 4 is 43.5 Å². The second-order valence-corrected chi connectivity index (χ2v) is 11.1. The van der Waals surface area contributed by atoms with Gasteiger partial charge in [0.1, 0.15) is 5.58 Å². The Bertz CT molecular complexity index is 2480. The monoisotopic (exact) mass is 576 g/mol. The molecule has 9 rings (SSSR count). The van der Waals surface area contributed by atoms with Gasteiger partial charge in [-0.05, 0) is 39.2 Å². The molecule has 0 aliphatic carbocycles. The van der Waals surface area contributed by atoms with Crippen LogP contribution in [0.25, 0.3) is 88.8 Å². The molecule has 5 nitrogen and oxygen atoms in total. The van der Waals surface area contributed by atoms with Gasteiger partial charge < -0.3 is 4.42 Å². The number of hydrogen-bond donors (Lipinski definition) is 0. The minimum absolute atomic E-state index is 0.627. The molecule has 0 aliphatic heterocycles. The summed E-state index contributed by atoms with van der Waals surface area (Å²) in [5, 5.41) is 6.59. The third-order valence-corrected chi connectivity index (χ3v) is 8.40. The molecule has 3 aromatic heterocycles. The van der Waals surface area contributed by atoms with Crippen molar-refractivity contribution in [2.24, 2.45) is 0 Å². The summed E-state index contributed by atoms with van der Waals surface area (Å²) in [5.74, 6) is 1.90. The van der Waals surface area contributed by atoms with Crippen molar-refractivity contribution in [3.8, 4) is 45.3 Å². The van der Waals surface area contributed by atoms with Crippen LogP contribution in [0, 0.1) is 0 Å². The van der Waals surface area contributed by atoms with E-state index in [0.717, 1.165) is 65.9 Å². The van der Waals surface area contributed by atoms with E-state index in [-0.39, 0.29) is 0 Å². The van der Waals surface area contributed by atoms with Gasteiger partial charge in [0.25, 0.3) is 0 Å². The molecule has 0 atom stereocenters. The molecule has 0 saturated heterocycles. The first-order chi connectivity index (χ1) is 22.3. The van der Waals surface area contributed by atoms with Gasteiger partial charge in [0.2, 0.25) is 0 Å². The maximum Gasteiger partial charge on any atom is 0.164 e. The summed E-state index contributed by atoms with van der Waals surface area (Å²) in [4.78, 5) is 19.5. The van der Waals surface area contributed by atoms with E-state index >= 15 is 0 Å². The third kappa shape index (κ3) is 4.25. The minimum atomic E-state index is 0.627. The number of pyridine rings is 1. The zero-order valence-electron chi connectivity index (χ0n) is 24.1. The van der Waals surface area contributed by atoms with E-state index in [4.69, 9.17) is 19.4 Å². The van der Waals surface area contributed by atoms with Crippen molar-refractivity contribution in [2.75, 3.05) is 0 Å². The lowest BCUT2D eigenvalue weighted by Crippen LogP contribution is -2.00. The molecule has 0 spiro atoms. The zero-order chi connectivity index (χ0) is 29.7. The van der Waals surface area contributed by atoms with Gasteiger partial charge in [0.15, 0.2) is 23.1 Å². The quantitative estimate of drug-likeness (QED) is 0.209. The fourth-order valence-electron chi connectivity index (χ4n) is 6.29. The Morgan fingerprint density at radius 2 is 0.978 bits per heavy atom. The zero-order valence-corrected chi connectivity index (χ0v) is 24.1. The molecule has 9 aromatic rings. The van der Waals surface area contributed by atoms with E-state index in [0.29, 0.717) is 17.5 Å². The molecule has 3 heterocycles. The first kappa shape index (κ1) is 25.3. The molecule has 0 aliphatic rings. The van der Waals surface area contributed by atoms with Crippen molar-refractivity contribution in [1.82, 2.24) is 19.9 Å². The Morgan fingerprint density at radius 1 is 0.400 bits per heavy atom. The number of furan rings is 1. The largest absolute Gasteiger partial charge is 0.454 e. The van der Waals surface area contributed by atoms with E-state index in [1.165, 1.54) is 5.39 Å². The molecular formula is C40H24N4O. The fraction of sp³-hybridized carbons (Fsp3) is 0. The molecule has 0 saturated carbocycles. The summed E-state index contributed by atoms with van der Waals surface area (Å²) >= 11 is 0. The van der Waals surface area contributed by atoms with Crippen molar-refractivity contribution in [3.05, 3.63) is 146 Å². The summed E-state index contributed by atoms with van der Waals surface area (Å²) in [6.07, 6.45) is 3.75. The van der Waals surface area contributed by atoms with E-state index in [1.807, 2.05) is 66.9 Å². The Kier molecular flexibility index (Phi) is 5.74. The lowest BCUT2D eigenvalue weighted by molar-refractivity contribution is 0.667.